The fourth-order valence-electron chi connectivity index (χ4n) is 1.69. The van der Waals surface area contributed by atoms with E-state index in [0.717, 1.165) is 16.4 Å². The van der Waals surface area contributed by atoms with Crippen LogP contribution < -0.4 is 5.32 Å². The molecule has 0 spiro atoms. The number of anilines is 1. The zero-order chi connectivity index (χ0) is 13.0. The highest BCUT2D eigenvalue weighted by Gasteiger charge is 2.08. The quantitative estimate of drug-likeness (QED) is 0.869. The summed E-state index contributed by atoms with van der Waals surface area (Å²) in [7, 11) is 0. The summed E-state index contributed by atoms with van der Waals surface area (Å²) < 4.78 is 0. The highest BCUT2D eigenvalue weighted by Crippen LogP contribution is 2.15. The third-order valence-electron chi connectivity index (χ3n) is 2.54. The van der Waals surface area contributed by atoms with Gasteiger partial charge in [0, 0.05) is 11.9 Å². The van der Waals surface area contributed by atoms with Crippen LogP contribution >= 0.6 is 11.3 Å². The average Bonchev–Trinajstić information content (AvgIpc) is 2.75. The number of carbonyl (C=O) groups is 1. The van der Waals surface area contributed by atoms with Crippen molar-refractivity contribution >= 4 is 22.4 Å². The molecule has 0 aliphatic carbocycles. The molecule has 0 radical (unpaired) electrons. The Morgan fingerprint density at radius 2 is 2.22 bits per heavy atom. The molecule has 0 atom stereocenters. The Kier molecular flexibility index (Phi) is 3.94. The monoisotopic (exact) mass is 262 g/mol. The van der Waals surface area contributed by atoms with Crippen LogP contribution in [0.2, 0.25) is 0 Å². The van der Waals surface area contributed by atoms with Gasteiger partial charge in [0.05, 0.1) is 11.3 Å². The van der Waals surface area contributed by atoms with E-state index in [1.165, 1.54) is 0 Å². The van der Waals surface area contributed by atoms with Crippen molar-refractivity contribution in [3.63, 3.8) is 0 Å². The third-order valence-corrected chi connectivity index (χ3v) is 3.46. The van der Waals surface area contributed by atoms with Crippen molar-refractivity contribution in [1.29, 1.82) is 0 Å². The summed E-state index contributed by atoms with van der Waals surface area (Å²) in [5.74, 6) is -0.879. The molecule has 1 aromatic carbocycles. The first kappa shape index (κ1) is 12.6. The average molecular weight is 262 g/mol. The summed E-state index contributed by atoms with van der Waals surface area (Å²) in [4.78, 5) is 15.3. The summed E-state index contributed by atoms with van der Waals surface area (Å²) in [6, 6.07) is 7.07. The lowest BCUT2D eigenvalue weighted by Crippen LogP contribution is -2.09. The Morgan fingerprint density at radius 1 is 1.44 bits per heavy atom. The lowest BCUT2D eigenvalue weighted by atomic mass is 10.1. The van der Waals surface area contributed by atoms with Crippen LogP contribution in [0.4, 0.5) is 5.13 Å². The number of rotatable bonds is 5. The number of nitrogens with zero attached hydrogens (tertiary/aromatic N) is 1. The van der Waals surface area contributed by atoms with Crippen LogP contribution in [0, 0.1) is 6.92 Å². The molecule has 4 nitrogen and oxygen atoms in total. The summed E-state index contributed by atoms with van der Waals surface area (Å²) in [5, 5.41) is 15.1. The molecule has 1 aromatic heterocycles. The van der Waals surface area contributed by atoms with Crippen molar-refractivity contribution in [2.24, 2.45) is 0 Å². The predicted molar refractivity (Wildman–Crippen MR) is 72.4 cm³/mol. The summed E-state index contributed by atoms with van der Waals surface area (Å²) in [6.07, 6.45) is 0.668. The number of benzene rings is 1. The molecule has 0 bridgehead atoms. The fraction of sp³-hybridized carbons (Fsp3) is 0.231. The van der Waals surface area contributed by atoms with E-state index in [4.69, 9.17) is 5.11 Å². The zero-order valence-electron chi connectivity index (χ0n) is 10.0. The number of aromatic nitrogens is 1. The smallest absolute Gasteiger partial charge is 0.335 e. The van der Waals surface area contributed by atoms with E-state index in [2.05, 4.69) is 10.3 Å². The van der Waals surface area contributed by atoms with Gasteiger partial charge in [0.2, 0.25) is 0 Å². The minimum Gasteiger partial charge on any atom is -0.478 e. The molecular formula is C13H14N2O2S. The van der Waals surface area contributed by atoms with E-state index in [-0.39, 0.29) is 0 Å². The summed E-state index contributed by atoms with van der Waals surface area (Å²) in [6.45, 7) is 2.62. The number of carboxylic acid groups (broad SMARTS) is 1. The van der Waals surface area contributed by atoms with Gasteiger partial charge in [0.25, 0.3) is 0 Å². The van der Waals surface area contributed by atoms with Gasteiger partial charge in [0.15, 0.2) is 5.13 Å². The molecule has 0 fully saturated rings. The number of aromatic carboxylic acids is 1. The lowest BCUT2D eigenvalue weighted by molar-refractivity contribution is 0.0695. The Labute approximate surface area is 109 Å². The molecule has 0 saturated heterocycles. The molecule has 94 valence electrons. The largest absolute Gasteiger partial charge is 0.478 e. The second-order valence-electron chi connectivity index (χ2n) is 3.93. The van der Waals surface area contributed by atoms with Gasteiger partial charge in [-0.3, -0.25) is 0 Å². The maximum absolute atomic E-state index is 11.0. The minimum atomic E-state index is -0.879. The van der Waals surface area contributed by atoms with Crippen molar-refractivity contribution in [2.45, 2.75) is 13.3 Å². The molecule has 0 aliphatic rings. The fourth-order valence-corrected chi connectivity index (χ4v) is 2.40. The zero-order valence-corrected chi connectivity index (χ0v) is 10.8. The van der Waals surface area contributed by atoms with Crippen LogP contribution in [-0.4, -0.2) is 22.6 Å². The van der Waals surface area contributed by atoms with E-state index in [0.29, 0.717) is 18.5 Å². The molecule has 5 heteroatoms. The normalized spacial score (nSPS) is 10.3. The Bertz CT molecular complexity index is 551. The standard InChI is InChI=1S/C13H14N2O2S/c1-9-8-18-13(15-9)14-7-6-10-4-2-3-5-11(10)12(16)17/h2-5,8H,6-7H2,1H3,(H,14,15)(H,16,17). The van der Waals surface area contributed by atoms with Crippen LogP contribution in [0.1, 0.15) is 21.6 Å². The maximum atomic E-state index is 11.0. The molecular weight excluding hydrogens is 248 g/mol. The Hall–Kier alpha value is -1.88. The van der Waals surface area contributed by atoms with E-state index >= 15 is 0 Å². The van der Waals surface area contributed by atoms with E-state index < -0.39 is 5.97 Å². The number of aryl methyl sites for hydroxylation is 1. The van der Waals surface area contributed by atoms with Gasteiger partial charge < -0.3 is 10.4 Å². The van der Waals surface area contributed by atoms with Crippen LogP contribution in [0.3, 0.4) is 0 Å². The van der Waals surface area contributed by atoms with E-state index in [1.54, 1.807) is 23.5 Å². The van der Waals surface area contributed by atoms with Crippen molar-refractivity contribution in [3.8, 4) is 0 Å². The molecule has 2 N–H and O–H groups in total. The van der Waals surface area contributed by atoms with Gasteiger partial charge in [-0.15, -0.1) is 11.3 Å². The first-order chi connectivity index (χ1) is 8.66. The third kappa shape index (κ3) is 3.07. The Morgan fingerprint density at radius 3 is 2.89 bits per heavy atom. The number of hydrogen-bond donors (Lipinski definition) is 2. The van der Waals surface area contributed by atoms with Gasteiger partial charge in [0.1, 0.15) is 0 Å². The predicted octanol–water partition coefficient (Wildman–Crippen LogP) is 2.80. The first-order valence-electron chi connectivity index (χ1n) is 5.64. The van der Waals surface area contributed by atoms with Crippen molar-refractivity contribution in [1.82, 2.24) is 4.98 Å². The summed E-state index contributed by atoms with van der Waals surface area (Å²) >= 11 is 1.56. The van der Waals surface area contributed by atoms with Crippen LogP contribution in [0.15, 0.2) is 29.6 Å². The minimum absolute atomic E-state index is 0.370. The van der Waals surface area contributed by atoms with E-state index in [1.807, 2.05) is 24.4 Å². The van der Waals surface area contributed by atoms with Gasteiger partial charge in [-0.1, -0.05) is 18.2 Å². The lowest BCUT2D eigenvalue weighted by Gasteiger charge is -2.06. The molecule has 0 aliphatic heterocycles. The first-order valence-corrected chi connectivity index (χ1v) is 6.52. The van der Waals surface area contributed by atoms with E-state index in [9.17, 15) is 4.79 Å². The van der Waals surface area contributed by atoms with Gasteiger partial charge in [-0.25, -0.2) is 9.78 Å². The van der Waals surface area contributed by atoms with Gasteiger partial charge >= 0.3 is 5.97 Å². The van der Waals surface area contributed by atoms with Crippen LogP contribution in [0.5, 0.6) is 0 Å². The second-order valence-corrected chi connectivity index (χ2v) is 4.79. The highest BCUT2D eigenvalue weighted by atomic mass is 32.1. The van der Waals surface area contributed by atoms with Crippen molar-refractivity contribution < 1.29 is 9.90 Å². The highest BCUT2D eigenvalue weighted by molar-refractivity contribution is 7.13. The van der Waals surface area contributed by atoms with Gasteiger partial charge in [-0.2, -0.15) is 0 Å². The van der Waals surface area contributed by atoms with Crippen LogP contribution in [-0.2, 0) is 6.42 Å². The van der Waals surface area contributed by atoms with Crippen molar-refractivity contribution in [3.05, 3.63) is 46.5 Å². The molecule has 2 aromatic rings. The number of thiazole rings is 1. The Balaban J connectivity index is 1.96. The number of carboxylic acids is 1. The molecule has 1 heterocycles. The SMILES string of the molecule is Cc1csc(NCCc2ccccc2C(=O)O)n1. The van der Waals surface area contributed by atoms with Crippen molar-refractivity contribution in [2.75, 3.05) is 11.9 Å². The second kappa shape index (κ2) is 5.64. The number of hydrogen-bond acceptors (Lipinski definition) is 4. The molecule has 0 unspecified atom stereocenters. The molecule has 18 heavy (non-hydrogen) atoms. The maximum Gasteiger partial charge on any atom is 0.335 e. The summed E-state index contributed by atoms with van der Waals surface area (Å²) in [5.41, 5.74) is 2.20. The molecule has 2 rings (SSSR count). The molecule has 0 amide bonds. The van der Waals surface area contributed by atoms with Gasteiger partial charge in [-0.05, 0) is 25.0 Å². The topological polar surface area (TPSA) is 62.2 Å². The van der Waals surface area contributed by atoms with Crippen LogP contribution in [0.25, 0.3) is 0 Å². The molecule has 0 saturated carbocycles. The number of nitrogens with one attached hydrogen (secondary N) is 1.